The first kappa shape index (κ1) is 20.8. The molecule has 5 rings (SSSR count). The Bertz CT molecular complexity index is 1290. The molecule has 0 spiro atoms. The molecule has 1 N–H and O–H groups in total. The minimum absolute atomic E-state index is 0.0745. The number of rotatable bonds is 4. The molecule has 0 bridgehead atoms. The van der Waals surface area contributed by atoms with Gasteiger partial charge in [0.2, 0.25) is 11.8 Å². The number of aliphatic hydroxyl groups is 1. The van der Waals surface area contributed by atoms with E-state index >= 15 is 0 Å². The molecule has 1 aliphatic heterocycles. The number of hydrogen-bond acceptors (Lipinski definition) is 5. The van der Waals surface area contributed by atoms with Crippen LogP contribution >= 0.6 is 15.9 Å². The van der Waals surface area contributed by atoms with Crippen LogP contribution in [0.2, 0.25) is 0 Å². The number of amides is 2. The van der Waals surface area contributed by atoms with E-state index in [1.54, 1.807) is 55.6 Å². The molecule has 0 saturated carbocycles. The van der Waals surface area contributed by atoms with Crippen LogP contribution in [-0.2, 0) is 21.7 Å². The summed E-state index contributed by atoms with van der Waals surface area (Å²) in [6, 6.07) is 15.9. The highest BCUT2D eigenvalue weighted by atomic mass is 79.9. The van der Waals surface area contributed by atoms with E-state index in [-0.39, 0.29) is 25.3 Å². The molecule has 7 heteroatoms. The highest BCUT2D eigenvalue weighted by molar-refractivity contribution is 9.10. The number of methoxy groups -OCH3 is 1. The zero-order valence-electron chi connectivity index (χ0n) is 17.3. The fraction of sp³-hybridized carbons (Fsp3) is 0.240. The molecule has 2 unspecified atom stereocenters. The Morgan fingerprint density at radius 1 is 1.09 bits per heavy atom. The van der Waals surface area contributed by atoms with E-state index in [1.165, 1.54) is 0 Å². The standard InChI is InChI=1S/C25H20BrNO5/c1-32-15-7-5-14(6-8-15)13-27-21(28)12-10-19(24(27)30)25(31)18-4-2-3-16-20(26)11-9-17(22(16)18)23(25)29/h2-9,11,19,31H,10,12-13H2,1H3. The van der Waals surface area contributed by atoms with Crippen LogP contribution in [0.5, 0.6) is 5.75 Å². The summed E-state index contributed by atoms with van der Waals surface area (Å²) in [6.07, 6.45) is 0.197. The number of piperidine rings is 1. The third kappa shape index (κ3) is 2.92. The molecule has 2 aliphatic rings. The van der Waals surface area contributed by atoms with Gasteiger partial charge in [-0.15, -0.1) is 0 Å². The molecule has 1 aliphatic carbocycles. The molecular formula is C25H20BrNO5. The van der Waals surface area contributed by atoms with E-state index in [0.717, 1.165) is 20.3 Å². The number of imide groups is 1. The molecular weight excluding hydrogens is 474 g/mol. The molecule has 3 aromatic rings. The number of hydrogen-bond donors (Lipinski definition) is 1. The maximum Gasteiger partial charge on any atom is 0.236 e. The first-order valence-electron chi connectivity index (χ1n) is 10.3. The lowest BCUT2D eigenvalue weighted by Crippen LogP contribution is -2.54. The van der Waals surface area contributed by atoms with Crippen LogP contribution in [-0.4, -0.2) is 34.7 Å². The zero-order chi connectivity index (χ0) is 22.6. The van der Waals surface area contributed by atoms with Crippen molar-refractivity contribution in [2.24, 2.45) is 5.92 Å². The Balaban J connectivity index is 1.53. The van der Waals surface area contributed by atoms with E-state index in [9.17, 15) is 19.5 Å². The number of carbonyl (C=O) groups is 3. The lowest BCUT2D eigenvalue weighted by Gasteiger charge is -2.38. The highest BCUT2D eigenvalue weighted by Gasteiger charge is 2.56. The summed E-state index contributed by atoms with van der Waals surface area (Å²) in [5, 5.41) is 13.2. The van der Waals surface area contributed by atoms with Gasteiger partial charge in [-0.2, -0.15) is 0 Å². The van der Waals surface area contributed by atoms with Crippen LogP contribution in [0.25, 0.3) is 10.8 Å². The van der Waals surface area contributed by atoms with Gasteiger partial charge in [0.1, 0.15) is 5.75 Å². The third-order valence-electron chi connectivity index (χ3n) is 6.50. The summed E-state index contributed by atoms with van der Waals surface area (Å²) in [7, 11) is 1.56. The molecule has 1 heterocycles. The maximum atomic E-state index is 13.5. The minimum Gasteiger partial charge on any atom is -0.497 e. The van der Waals surface area contributed by atoms with Crippen LogP contribution in [0, 0.1) is 5.92 Å². The average molecular weight is 494 g/mol. The predicted octanol–water partition coefficient (Wildman–Crippen LogP) is 3.96. The molecule has 162 valence electrons. The Kier molecular flexibility index (Phi) is 4.91. The van der Waals surface area contributed by atoms with Crippen LogP contribution in [0.3, 0.4) is 0 Å². The second-order valence-corrected chi connectivity index (χ2v) is 9.03. The number of likely N-dealkylation sites (tertiary alicyclic amines) is 1. The Morgan fingerprint density at radius 3 is 2.56 bits per heavy atom. The van der Waals surface area contributed by atoms with Crippen molar-refractivity contribution in [1.82, 2.24) is 4.90 Å². The lowest BCUT2D eigenvalue weighted by molar-refractivity contribution is -0.158. The van der Waals surface area contributed by atoms with Gasteiger partial charge in [0.15, 0.2) is 11.4 Å². The van der Waals surface area contributed by atoms with E-state index in [4.69, 9.17) is 4.74 Å². The monoisotopic (exact) mass is 493 g/mol. The van der Waals surface area contributed by atoms with Gasteiger partial charge >= 0.3 is 0 Å². The number of carbonyl (C=O) groups excluding carboxylic acids is 3. The van der Waals surface area contributed by atoms with Gasteiger partial charge in [-0.3, -0.25) is 19.3 Å². The van der Waals surface area contributed by atoms with Crippen LogP contribution < -0.4 is 4.74 Å². The molecule has 32 heavy (non-hydrogen) atoms. The summed E-state index contributed by atoms with van der Waals surface area (Å²) >= 11 is 3.50. The quantitative estimate of drug-likeness (QED) is 0.556. The molecule has 2 atom stereocenters. The molecule has 1 fully saturated rings. The second kappa shape index (κ2) is 7.53. The molecule has 2 amide bonds. The van der Waals surface area contributed by atoms with E-state index < -0.39 is 23.2 Å². The predicted molar refractivity (Wildman–Crippen MR) is 121 cm³/mol. The van der Waals surface area contributed by atoms with Crippen molar-refractivity contribution in [1.29, 1.82) is 0 Å². The first-order valence-corrected chi connectivity index (χ1v) is 11.1. The molecule has 0 aromatic heterocycles. The van der Waals surface area contributed by atoms with Crippen LogP contribution in [0.15, 0.2) is 59.1 Å². The highest BCUT2D eigenvalue weighted by Crippen LogP contribution is 2.49. The van der Waals surface area contributed by atoms with E-state index in [0.29, 0.717) is 22.3 Å². The molecule has 0 radical (unpaired) electrons. The molecule has 1 saturated heterocycles. The van der Waals surface area contributed by atoms with Crippen molar-refractivity contribution >= 4 is 44.3 Å². The van der Waals surface area contributed by atoms with Gasteiger partial charge in [-0.1, -0.05) is 46.3 Å². The summed E-state index contributed by atoms with van der Waals surface area (Å²) in [5.41, 5.74) is -0.424. The van der Waals surface area contributed by atoms with Crippen molar-refractivity contribution in [3.05, 3.63) is 75.8 Å². The largest absolute Gasteiger partial charge is 0.497 e. The van der Waals surface area contributed by atoms with Gasteiger partial charge in [0, 0.05) is 27.4 Å². The first-order chi connectivity index (χ1) is 15.4. The topological polar surface area (TPSA) is 83.9 Å². The van der Waals surface area contributed by atoms with Crippen molar-refractivity contribution in [3.8, 4) is 5.75 Å². The Morgan fingerprint density at radius 2 is 1.84 bits per heavy atom. The van der Waals surface area contributed by atoms with Crippen molar-refractivity contribution < 1.29 is 24.2 Å². The van der Waals surface area contributed by atoms with Crippen molar-refractivity contribution in [2.45, 2.75) is 25.0 Å². The zero-order valence-corrected chi connectivity index (χ0v) is 18.9. The summed E-state index contributed by atoms with van der Waals surface area (Å²) in [5.74, 6) is -1.70. The Labute approximate surface area is 192 Å². The van der Waals surface area contributed by atoms with Gasteiger partial charge in [0.25, 0.3) is 0 Å². The fourth-order valence-electron chi connectivity index (χ4n) is 4.86. The number of ketones is 1. The summed E-state index contributed by atoms with van der Waals surface area (Å²) < 4.78 is 5.96. The smallest absolute Gasteiger partial charge is 0.236 e. The number of benzene rings is 3. The minimum atomic E-state index is -2.00. The van der Waals surface area contributed by atoms with Gasteiger partial charge in [-0.05, 0) is 41.6 Å². The maximum absolute atomic E-state index is 13.5. The van der Waals surface area contributed by atoms with Crippen LogP contribution in [0.4, 0.5) is 0 Å². The number of halogens is 1. The second-order valence-electron chi connectivity index (χ2n) is 8.18. The van der Waals surface area contributed by atoms with Crippen molar-refractivity contribution in [2.75, 3.05) is 7.11 Å². The number of ether oxygens (including phenoxy) is 1. The summed E-state index contributed by atoms with van der Waals surface area (Å²) in [4.78, 5) is 40.7. The van der Waals surface area contributed by atoms with Gasteiger partial charge in [-0.25, -0.2) is 0 Å². The van der Waals surface area contributed by atoms with Crippen LogP contribution in [0.1, 0.15) is 34.3 Å². The molecule has 3 aromatic carbocycles. The molecule has 6 nitrogen and oxygen atoms in total. The normalized spacial score (nSPS) is 22.7. The summed E-state index contributed by atoms with van der Waals surface area (Å²) in [6.45, 7) is 0.0745. The van der Waals surface area contributed by atoms with Gasteiger partial charge < -0.3 is 9.84 Å². The van der Waals surface area contributed by atoms with Crippen molar-refractivity contribution in [3.63, 3.8) is 0 Å². The number of nitrogens with zero attached hydrogens (tertiary/aromatic N) is 1. The third-order valence-corrected chi connectivity index (χ3v) is 7.20. The van der Waals surface area contributed by atoms with E-state index in [1.807, 2.05) is 6.07 Å². The lowest BCUT2D eigenvalue weighted by atomic mass is 9.75. The fourth-order valence-corrected chi connectivity index (χ4v) is 5.32. The number of Topliss-reactive ketones (excluding diaryl/α,β-unsaturated/α-hetero) is 1. The van der Waals surface area contributed by atoms with E-state index in [2.05, 4.69) is 15.9 Å². The van der Waals surface area contributed by atoms with Gasteiger partial charge in [0.05, 0.1) is 19.6 Å². The average Bonchev–Trinajstić information content (AvgIpc) is 3.03. The Hall–Kier alpha value is -3.03. The SMILES string of the molecule is COc1ccc(CN2C(=O)CCC(C3(O)C(=O)c4ccc(Br)c5cccc3c45)C2=O)cc1.